The molecule has 0 aliphatic carbocycles. The zero-order valence-corrected chi connectivity index (χ0v) is 19.1. The predicted octanol–water partition coefficient (Wildman–Crippen LogP) is 4.60. The minimum atomic E-state index is -4.36. The Morgan fingerprint density at radius 3 is 2.76 bits per heavy atom. The molecule has 34 heavy (non-hydrogen) atoms. The maximum Gasteiger partial charge on any atom is 0.416 e. The summed E-state index contributed by atoms with van der Waals surface area (Å²) in [5.74, 6) is 0.345. The van der Waals surface area contributed by atoms with Gasteiger partial charge in [-0.1, -0.05) is 18.2 Å². The van der Waals surface area contributed by atoms with Gasteiger partial charge in [-0.05, 0) is 56.1 Å². The van der Waals surface area contributed by atoms with Gasteiger partial charge in [0.2, 0.25) is 0 Å². The summed E-state index contributed by atoms with van der Waals surface area (Å²) in [4.78, 5) is 19.2. The highest BCUT2D eigenvalue weighted by atomic mass is 19.4. The van der Waals surface area contributed by atoms with Crippen LogP contribution in [-0.2, 0) is 12.7 Å². The van der Waals surface area contributed by atoms with Crippen molar-refractivity contribution in [1.82, 2.24) is 19.8 Å². The SMILES string of the molecule is COc1cc(C(=O)N[C@@H]2CCCN(Cc3cccc(C(F)(F)F)c3)C2)ccc1-n1cnc(C)c1. The summed E-state index contributed by atoms with van der Waals surface area (Å²) >= 11 is 0. The number of aryl methyl sites for hydroxylation is 1. The van der Waals surface area contributed by atoms with Crippen LogP contribution in [0.3, 0.4) is 0 Å². The summed E-state index contributed by atoms with van der Waals surface area (Å²) in [5, 5.41) is 3.07. The van der Waals surface area contributed by atoms with Gasteiger partial charge in [0.1, 0.15) is 5.75 Å². The lowest BCUT2D eigenvalue weighted by Gasteiger charge is -2.33. The second-order valence-corrected chi connectivity index (χ2v) is 8.55. The number of ether oxygens (including phenoxy) is 1. The van der Waals surface area contributed by atoms with Gasteiger partial charge in [0.15, 0.2) is 0 Å². The highest BCUT2D eigenvalue weighted by Gasteiger charge is 2.30. The third kappa shape index (κ3) is 5.59. The molecule has 0 bridgehead atoms. The predicted molar refractivity (Wildman–Crippen MR) is 122 cm³/mol. The second kappa shape index (κ2) is 9.89. The van der Waals surface area contributed by atoms with Crippen molar-refractivity contribution in [3.63, 3.8) is 0 Å². The van der Waals surface area contributed by atoms with E-state index in [1.165, 1.54) is 12.1 Å². The third-order valence-electron chi connectivity index (χ3n) is 5.93. The number of piperidine rings is 1. The Hall–Kier alpha value is -3.33. The molecule has 0 radical (unpaired) electrons. The molecule has 180 valence electrons. The molecular formula is C25H27F3N4O2. The molecule has 1 saturated heterocycles. The maximum absolute atomic E-state index is 13.0. The van der Waals surface area contributed by atoms with Crippen molar-refractivity contribution in [2.24, 2.45) is 0 Å². The van der Waals surface area contributed by atoms with Gasteiger partial charge in [-0.2, -0.15) is 13.2 Å². The molecule has 1 aliphatic heterocycles. The monoisotopic (exact) mass is 472 g/mol. The van der Waals surface area contributed by atoms with Gasteiger partial charge in [0, 0.05) is 30.9 Å². The Balaban J connectivity index is 1.40. The van der Waals surface area contributed by atoms with Crippen molar-refractivity contribution in [3.8, 4) is 11.4 Å². The molecule has 0 spiro atoms. The number of carbonyl (C=O) groups excluding carboxylic acids is 1. The van der Waals surface area contributed by atoms with Crippen molar-refractivity contribution in [2.75, 3.05) is 20.2 Å². The van der Waals surface area contributed by atoms with E-state index in [9.17, 15) is 18.0 Å². The number of benzene rings is 2. The van der Waals surface area contributed by atoms with Gasteiger partial charge in [-0.15, -0.1) is 0 Å². The topological polar surface area (TPSA) is 59.4 Å². The van der Waals surface area contributed by atoms with Crippen molar-refractivity contribution >= 4 is 5.91 Å². The standard InChI is InChI=1S/C25H27F3N4O2/c1-17-13-32(16-29-17)22-9-8-19(12-23(22)34-2)24(33)30-21-7-4-10-31(15-21)14-18-5-3-6-20(11-18)25(26,27)28/h3,5-6,8-9,11-13,16,21H,4,7,10,14-15H2,1-2H3,(H,30,33)/t21-/m1/s1. The number of imidazole rings is 1. The van der Waals surface area contributed by atoms with Gasteiger partial charge < -0.3 is 14.6 Å². The smallest absolute Gasteiger partial charge is 0.416 e. The molecule has 2 aromatic carbocycles. The van der Waals surface area contributed by atoms with Crippen molar-refractivity contribution in [2.45, 2.75) is 38.5 Å². The first kappa shape index (κ1) is 23.8. The van der Waals surface area contributed by atoms with Crippen LogP contribution in [0.25, 0.3) is 5.69 Å². The summed E-state index contributed by atoms with van der Waals surface area (Å²) in [7, 11) is 1.55. The van der Waals surface area contributed by atoms with Gasteiger partial charge >= 0.3 is 6.18 Å². The van der Waals surface area contributed by atoms with Gasteiger partial charge in [-0.3, -0.25) is 9.69 Å². The Morgan fingerprint density at radius 2 is 2.06 bits per heavy atom. The number of rotatable bonds is 6. The molecule has 4 rings (SSSR count). The number of hydrogen-bond acceptors (Lipinski definition) is 4. The van der Waals surface area contributed by atoms with Crippen LogP contribution in [0.2, 0.25) is 0 Å². The quantitative estimate of drug-likeness (QED) is 0.570. The van der Waals surface area contributed by atoms with Crippen LogP contribution in [0, 0.1) is 6.92 Å². The third-order valence-corrected chi connectivity index (χ3v) is 5.93. The number of aromatic nitrogens is 2. The van der Waals surface area contributed by atoms with Crippen LogP contribution in [-0.4, -0.2) is 46.6 Å². The fraction of sp³-hybridized carbons (Fsp3) is 0.360. The maximum atomic E-state index is 13.0. The van der Waals surface area contributed by atoms with Crippen LogP contribution in [0.1, 0.15) is 40.0 Å². The Kier molecular flexibility index (Phi) is 6.92. The zero-order chi connectivity index (χ0) is 24.3. The van der Waals surface area contributed by atoms with E-state index in [1.807, 2.05) is 23.8 Å². The van der Waals surface area contributed by atoms with E-state index in [4.69, 9.17) is 4.74 Å². The van der Waals surface area contributed by atoms with Crippen LogP contribution in [0.15, 0.2) is 55.0 Å². The molecule has 6 nitrogen and oxygen atoms in total. The molecular weight excluding hydrogens is 445 g/mol. The molecule has 1 aliphatic rings. The van der Waals surface area contributed by atoms with Crippen molar-refractivity contribution < 1.29 is 22.7 Å². The van der Waals surface area contributed by atoms with Crippen molar-refractivity contribution in [3.05, 3.63) is 77.4 Å². The molecule has 0 saturated carbocycles. The molecule has 1 fully saturated rings. The van der Waals surface area contributed by atoms with E-state index >= 15 is 0 Å². The molecule has 9 heteroatoms. The molecule has 1 atom stereocenters. The minimum Gasteiger partial charge on any atom is -0.495 e. The molecule has 3 aromatic rings. The molecule has 1 amide bonds. The number of halogens is 3. The van der Waals surface area contributed by atoms with Crippen molar-refractivity contribution in [1.29, 1.82) is 0 Å². The zero-order valence-electron chi connectivity index (χ0n) is 19.1. The number of carbonyl (C=O) groups is 1. The summed E-state index contributed by atoms with van der Waals surface area (Å²) < 4.78 is 46.4. The first-order chi connectivity index (χ1) is 16.2. The van der Waals surface area contributed by atoms with Crippen LogP contribution >= 0.6 is 0 Å². The average molecular weight is 473 g/mol. The molecule has 0 unspecified atom stereocenters. The van der Waals surface area contributed by atoms with Gasteiger partial charge in [0.25, 0.3) is 5.91 Å². The van der Waals surface area contributed by atoms with E-state index in [2.05, 4.69) is 15.2 Å². The summed E-state index contributed by atoms with van der Waals surface area (Å²) in [5.41, 5.74) is 2.10. The van der Waals surface area contributed by atoms with Crippen LogP contribution in [0.4, 0.5) is 13.2 Å². The number of nitrogens with one attached hydrogen (secondary N) is 1. The Labute approximate surface area is 196 Å². The number of amides is 1. The lowest BCUT2D eigenvalue weighted by molar-refractivity contribution is -0.137. The van der Waals surface area contributed by atoms with Gasteiger partial charge in [0.05, 0.1) is 30.4 Å². The summed E-state index contributed by atoms with van der Waals surface area (Å²) in [6.07, 6.45) is 0.870. The van der Waals surface area contributed by atoms with Crippen LogP contribution in [0.5, 0.6) is 5.75 Å². The first-order valence-electron chi connectivity index (χ1n) is 11.1. The molecule has 1 N–H and O–H groups in total. The lowest BCUT2D eigenvalue weighted by atomic mass is 10.0. The lowest BCUT2D eigenvalue weighted by Crippen LogP contribution is -2.47. The summed E-state index contributed by atoms with van der Waals surface area (Å²) in [6.45, 7) is 3.65. The van der Waals surface area contributed by atoms with E-state index in [0.29, 0.717) is 30.0 Å². The van der Waals surface area contributed by atoms with Gasteiger partial charge in [-0.25, -0.2) is 4.98 Å². The fourth-order valence-electron chi connectivity index (χ4n) is 4.28. The highest BCUT2D eigenvalue weighted by molar-refractivity contribution is 5.95. The normalized spacial score (nSPS) is 16.9. The first-order valence-corrected chi connectivity index (χ1v) is 11.1. The second-order valence-electron chi connectivity index (χ2n) is 8.55. The van der Waals surface area contributed by atoms with E-state index in [1.54, 1.807) is 31.6 Å². The van der Waals surface area contributed by atoms with E-state index < -0.39 is 11.7 Å². The molecule has 2 heterocycles. The Bertz CT molecular complexity index is 1160. The number of likely N-dealkylation sites (tertiary alicyclic amines) is 1. The molecule has 1 aromatic heterocycles. The Morgan fingerprint density at radius 1 is 1.24 bits per heavy atom. The van der Waals surface area contributed by atoms with E-state index in [-0.39, 0.29) is 11.9 Å². The van der Waals surface area contributed by atoms with Crippen LogP contribution < -0.4 is 10.1 Å². The average Bonchev–Trinajstić information content (AvgIpc) is 3.24. The van der Waals surface area contributed by atoms with E-state index in [0.717, 1.165) is 36.8 Å². The number of nitrogens with zero attached hydrogens (tertiary/aromatic N) is 3. The largest absolute Gasteiger partial charge is 0.495 e. The fourth-order valence-corrected chi connectivity index (χ4v) is 4.28. The number of methoxy groups -OCH3 is 1. The summed E-state index contributed by atoms with van der Waals surface area (Å²) in [6, 6.07) is 10.6. The highest BCUT2D eigenvalue weighted by Crippen LogP contribution is 2.30. The number of hydrogen-bond donors (Lipinski definition) is 1. The number of alkyl halides is 3. The minimum absolute atomic E-state index is 0.0889.